The van der Waals surface area contributed by atoms with Crippen molar-refractivity contribution >= 4 is 16.7 Å². The molecule has 0 unspecified atom stereocenters. The topological polar surface area (TPSA) is 49.3 Å². The second-order valence-corrected chi connectivity index (χ2v) is 7.03. The van der Waals surface area contributed by atoms with E-state index in [0.717, 1.165) is 17.0 Å². The molecule has 2 N–H and O–H groups in total. The standard InChI is InChI=1S/C23H22F3NO2/c1-15(18-11-12-21(22(28)29)20-10-3-2-9-19(18)20)27-13-5-7-16-6-4-8-17(14-16)23(24,25)26/h2-4,6,8-12,14-15,27H,5,7,13H2,1H3,(H,28,29)/t15-/m1/s1/i22-1. The zero-order chi connectivity index (χ0) is 21.0. The largest absolute Gasteiger partial charge is 0.478 e. The lowest BCUT2D eigenvalue weighted by atomic mass is 9.85. The van der Waals surface area contributed by atoms with Gasteiger partial charge in [0, 0.05) is 6.04 Å². The Labute approximate surface area is 167 Å². The van der Waals surface area contributed by atoms with E-state index in [0.29, 0.717) is 30.3 Å². The Kier molecular flexibility index (Phi) is 6.23. The van der Waals surface area contributed by atoms with Crippen molar-refractivity contribution in [1.82, 2.24) is 5.32 Å². The highest BCUT2D eigenvalue weighted by molar-refractivity contribution is 6.04. The number of aryl methyl sites for hydroxylation is 1. The second kappa shape index (κ2) is 8.66. The molecule has 152 valence electrons. The van der Waals surface area contributed by atoms with Gasteiger partial charge in [-0.1, -0.05) is 48.5 Å². The predicted octanol–water partition coefficient (Wildman–Crippen LogP) is 5.84. The van der Waals surface area contributed by atoms with Gasteiger partial charge in [0.25, 0.3) is 0 Å². The Hall–Kier alpha value is -2.86. The number of fused-ring (bicyclic) bond motifs is 1. The molecule has 0 amide bonds. The minimum absolute atomic E-state index is 0.0238. The maximum atomic E-state index is 12.8. The molecule has 1 atom stereocenters. The number of rotatable bonds is 7. The van der Waals surface area contributed by atoms with Gasteiger partial charge in [-0.05, 0) is 60.3 Å². The molecule has 0 bridgehead atoms. The molecule has 0 radical (unpaired) electrons. The lowest BCUT2D eigenvalue weighted by Gasteiger charge is -2.18. The number of hydrogen-bond acceptors (Lipinski definition) is 2. The van der Waals surface area contributed by atoms with Crippen LogP contribution in [0.25, 0.3) is 10.8 Å². The highest BCUT2D eigenvalue weighted by Gasteiger charge is 2.30. The first-order valence-corrected chi connectivity index (χ1v) is 9.42. The maximum absolute atomic E-state index is 12.8. The van der Waals surface area contributed by atoms with Crippen LogP contribution in [0.4, 0.5) is 13.2 Å². The van der Waals surface area contributed by atoms with E-state index < -0.39 is 17.7 Å². The van der Waals surface area contributed by atoms with Crippen LogP contribution in [-0.2, 0) is 12.6 Å². The summed E-state index contributed by atoms with van der Waals surface area (Å²) in [6, 6.07) is 16.2. The number of carboxylic acids is 1. The summed E-state index contributed by atoms with van der Waals surface area (Å²) in [4.78, 5) is 11.4. The highest BCUT2D eigenvalue weighted by Crippen LogP contribution is 2.30. The molecule has 3 nitrogen and oxygen atoms in total. The fraction of sp³-hybridized carbons (Fsp3) is 0.261. The van der Waals surface area contributed by atoms with Crippen molar-refractivity contribution in [2.45, 2.75) is 32.0 Å². The lowest BCUT2D eigenvalue weighted by molar-refractivity contribution is -0.137. The van der Waals surface area contributed by atoms with Crippen LogP contribution < -0.4 is 5.32 Å². The average Bonchev–Trinajstić information content (AvgIpc) is 2.69. The summed E-state index contributed by atoms with van der Waals surface area (Å²) in [5, 5.41) is 14.3. The smallest absolute Gasteiger partial charge is 0.416 e. The van der Waals surface area contributed by atoms with Crippen molar-refractivity contribution in [2.24, 2.45) is 0 Å². The number of benzene rings is 3. The molecule has 3 aromatic carbocycles. The third-order valence-corrected chi connectivity index (χ3v) is 5.00. The normalized spacial score (nSPS) is 12.8. The molecule has 0 fully saturated rings. The number of carboxylic acid groups (broad SMARTS) is 1. The fourth-order valence-corrected chi connectivity index (χ4v) is 3.51. The second-order valence-electron chi connectivity index (χ2n) is 7.03. The zero-order valence-electron chi connectivity index (χ0n) is 16.0. The molecule has 0 aliphatic carbocycles. The maximum Gasteiger partial charge on any atom is 0.416 e. The van der Waals surface area contributed by atoms with E-state index >= 15 is 0 Å². The summed E-state index contributed by atoms with van der Waals surface area (Å²) < 4.78 is 38.4. The number of nitrogens with one attached hydrogen (secondary N) is 1. The molecule has 0 spiro atoms. The number of hydrogen-bond donors (Lipinski definition) is 2. The number of carbonyl (C=O) groups is 1. The molecular formula is C23H22F3NO2. The first kappa shape index (κ1) is 20.9. The molecule has 0 aliphatic heterocycles. The van der Waals surface area contributed by atoms with Gasteiger partial charge < -0.3 is 10.4 Å². The molecule has 0 heterocycles. The van der Waals surface area contributed by atoms with Gasteiger partial charge in [-0.3, -0.25) is 0 Å². The number of alkyl halides is 3. The van der Waals surface area contributed by atoms with Crippen LogP contribution in [0.2, 0.25) is 0 Å². The third-order valence-electron chi connectivity index (χ3n) is 5.00. The van der Waals surface area contributed by atoms with Crippen LogP contribution in [0.5, 0.6) is 0 Å². The predicted molar refractivity (Wildman–Crippen MR) is 107 cm³/mol. The van der Waals surface area contributed by atoms with Gasteiger partial charge in [0.05, 0.1) is 11.1 Å². The molecule has 3 aromatic rings. The van der Waals surface area contributed by atoms with Crippen molar-refractivity contribution in [3.05, 3.63) is 82.9 Å². The van der Waals surface area contributed by atoms with E-state index in [1.807, 2.05) is 31.2 Å². The van der Waals surface area contributed by atoms with Crippen molar-refractivity contribution in [1.29, 1.82) is 0 Å². The molecular weight excluding hydrogens is 378 g/mol. The molecule has 3 rings (SSSR count). The Morgan fingerprint density at radius 2 is 1.76 bits per heavy atom. The summed E-state index contributed by atoms with van der Waals surface area (Å²) in [5.74, 6) is -0.963. The Morgan fingerprint density at radius 1 is 1.03 bits per heavy atom. The van der Waals surface area contributed by atoms with E-state index in [9.17, 15) is 23.1 Å². The van der Waals surface area contributed by atoms with E-state index in [4.69, 9.17) is 0 Å². The summed E-state index contributed by atoms with van der Waals surface area (Å²) in [6.45, 7) is 2.62. The average molecular weight is 400 g/mol. The van der Waals surface area contributed by atoms with Gasteiger partial charge in [-0.25, -0.2) is 4.79 Å². The molecule has 0 saturated heterocycles. The summed E-state index contributed by atoms with van der Waals surface area (Å²) in [7, 11) is 0. The number of aromatic carboxylic acids is 1. The monoisotopic (exact) mass is 400 g/mol. The summed E-state index contributed by atoms with van der Waals surface area (Å²) >= 11 is 0. The summed E-state index contributed by atoms with van der Waals surface area (Å²) in [5.41, 5.74) is 1.29. The van der Waals surface area contributed by atoms with Crippen LogP contribution >= 0.6 is 0 Å². The van der Waals surface area contributed by atoms with Gasteiger partial charge in [-0.2, -0.15) is 13.2 Å². The van der Waals surface area contributed by atoms with E-state index in [-0.39, 0.29) is 11.6 Å². The third kappa shape index (κ3) is 4.95. The van der Waals surface area contributed by atoms with Gasteiger partial charge >= 0.3 is 12.1 Å². The van der Waals surface area contributed by atoms with Gasteiger partial charge in [0.2, 0.25) is 0 Å². The molecule has 6 heteroatoms. The fourth-order valence-electron chi connectivity index (χ4n) is 3.51. The van der Waals surface area contributed by atoms with Crippen LogP contribution in [0.1, 0.15) is 46.4 Å². The van der Waals surface area contributed by atoms with E-state index in [2.05, 4.69) is 5.32 Å². The molecule has 0 aliphatic rings. The van der Waals surface area contributed by atoms with Crippen LogP contribution in [0.15, 0.2) is 60.7 Å². The Morgan fingerprint density at radius 3 is 2.45 bits per heavy atom. The van der Waals surface area contributed by atoms with Crippen LogP contribution in [0, 0.1) is 0 Å². The van der Waals surface area contributed by atoms with Crippen molar-refractivity contribution in [3.8, 4) is 0 Å². The van der Waals surface area contributed by atoms with Gasteiger partial charge in [0.1, 0.15) is 0 Å². The van der Waals surface area contributed by atoms with E-state index in [1.165, 1.54) is 12.1 Å². The van der Waals surface area contributed by atoms with Crippen LogP contribution in [0.3, 0.4) is 0 Å². The first-order valence-electron chi connectivity index (χ1n) is 9.42. The Balaban J connectivity index is 1.64. The quantitative estimate of drug-likeness (QED) is 0.490. The highest BCUT2D eigenvalue weighted by atomic mass is 19.4. The van der Waals surface area contributed by atoms with Crippen LogP contribution in [-0.4, -0.2) is 17.6 Å². The number of halogens is 3. The molecule has 0 aromatic heterocycles. The van der Waals surface area contributed by atoms with Crippen molar-refractivity contribution < 1.29 is 23.1 Å². The van der Waals surface area contributed by atoms with E-state index in [1.54, 1.807) is 18.2 Å². The van der Waals surface area contributed by atoms with Crippen molar-refractivity contribution in [3.63, 3.8) is 0 Å². The molecule has 29 heavy (non-hydrogen) atoms. The minimum atomic E-state index is -4.33. The summed E-state index contributed by atoms with van der Waals surface area (Å²) in [6.07, 6.45) is -3.09. The van der Waals surface area contributed by atoms with Gasteiger partial charge in [-0.15, -0.1) is 0 Å². The lowest BCUT2D eigenvalue weighted by Crippen LogP contribution is -2.20. The van der Waals surface area contributed by atoms with Gasteiger partial charge in [0.15, 0.2) is 0 Å². The zero-order valence-corrected chi connectivity index (χ0v) is 16.0. The Bertz CT molecular complexity index is 1010. The molecule has 0 saturated carbocycles. The minimum Gasteiger partial charge on any atom is -0.478 e. The van der Waals surface area contributed by atoms with Crippen molar-refractivity contribution in [2.75, 3.05) is 6.54 Å². The first-order chi connectivity index (χ1) is 13.8. The SMILES string of the molecule is C[C@@H](NCCCc1cccc(C(F)(F)F)c1)c1ccc([11C](=O)O)c2ccccc12.